The van der Waals surface area contributed by atoms with Crippen LogP contribution in [0.5, 0.6) is 0 Å². The van der Waals surface area contributed by atoms with Crippen LogP contribution in [0, 0.1) is 0 Å². The zero-order chi connectivity index (χ0) is 13.8. The molecule has 0 heterocycles. The molecule has 0 radical (unpaired) electrons. The highest BCUT2D eigenvalue weighted by Gasteiger charge is 2.39. The third-order valence-electron chi connectivity index (χ3n) is 4.51. The van der Waals surface area contributed by atoms with Crippen LogP contribution in [0.1, 0.15) is 50.0 Å². The topological polar surface area (TPSA) is 36.4 Å². The van der Waals surface area contributed by atoms with Gasteiger partial charge in [0.15, 0.2) is 5.96 Å². The first-order chi connectivity index (χ1) is 9.86. The van der Waals surface area contributed by atoms with Crippen molar-refractivity contribution in [3.63, 3.8) is 0 Å². The second-order valence-electron chi connectivity index (χ2n) is 6.06. The maximum atomic E-state index is 4.38. The van der Waals surface area contributed by atoms with E-state index in [0.717, 1.165) is 5.96 Å². The van der Waals surface area contributed by atoms with Gasteiger partial charge < -0.3 is 10.6 Å². The maximum Gasteiger partial charge on any atom is 0.191 e. The van der Waals surface area contributed by atoms with Crippen LogP contribution in [-0.2, 0) is 0 Å². The molecule has 0 bridgehead atoms. The van der Waals surface area contributed by atoms with E-state index in [4.69, 9.17) is 0 Å². The predicted molar refractivity (Wildman–Crippen MR) is 99.5 cm³/mol. The molecular weight excluding hydrogens is 373 g/mol. The Hall–Kier alpha value is -0.780. The van der Waals surface area contributed by atoms with E-state index in [1.807, 2.05) is 7.05 Å². The SMILES string of the molecule is CN=C(NC1CCCCC1)NC1CC1c1ccccc1.I. The van der Waals surface area contributed by atoms with Crippen molar-refractivity contribution in [1.82, 2.24) is 10.6 Å². The highest BCUT2D eigenvalue weighted by atomic mass is 127. The lowest BCUT2D eigenvalue weighted by Crippen LogP contribution is -2.45. The number of rotatable bonds is 3. The molecule has 1 aromatic carbocycles. The molecule has 4 heteroatoms. The second kappa shape index (κ2) is 8.01. The number of hydrogen-bond acceptors (Lipinski definition) is 1. The van der Waals surface area contributed by atoms with Crippen molar-refractivity contribution >= 4 is 29.9 Å². The molecule has 2 fully saturated rings. The molecule has 21 heavy (non-hydrogen) atoms. The van der Waals surface area contributed by atoms with Gasteiger partial charge in [-0.1, -0.05) is 49.6 Å². The average molecular weight is 399 g/mol. The van der Waals surface area contributed by atoms with Crippen molar-refractivity contribution in [2.45, 2.75) is 56.5 Å². The Bertz CT molecular complexity index is 454. The normalized spacial score (nSPS) is 25.9. The molecule has 0 saturated heterocycles. The van der Waals surface area contributed by atoms with E-state index < -0.39 is 0 Å². The van der Waals surface area contributed by atoms with Crippen molar-refractivity contribution in [2.75, 3.05) is 7.05 Å². The highest BCUT2D eigenvalue weighted by Crippen LogP contribution is 2.40. The predicted octanol–water partition coefficient (Wildman–Crippen LogP) is 3.66. The van der Waals surface area contributed by atoms with Gasteiger partial charge in [0.05, 0.1) is 0 Å². The second-order valence-corrected chi connectivity index (χ2v) is 6.06. The van der Waals surface area contributed by atoms with Crippen molar-refractivity contribution in [3.8, 4) is 0 Å². The molecule has 2 atom stereocenters. The van der Waals surface area contributed by atoms with E-state index in [2.05, 4.69) is 46.0 Å². The van der Waals surface area contributed by atoms with Crippen LogP contribution in [0.2, 0.25) is 0 Å². The lowest BCUT2D eigenvalue weighted by Gasteiger charge is -2.25. The van der Waals surface area contributed by atoms with Crippen LogP contribution < -0.4 is 10.6 Å². The quantitative estimate of drug-likeness (QED) is 0.463. The smallest absolute Gasteiger partial charge is 0.191 e. The van der Waals surface area contributed by atoms with Gasteiger partial charge >= 0.3 is 0 Å². The Balaban J connectivity index is 0.00000161. The van der Waals surface area contributed by atoms with Crippen LogP contribution in [0.25, 0.3) is 0 Å². The lowest BCUT2D eigenvalue weighted by atomic mass is 9.96. The van der Waals surface area contributed by atoms with Crippen LogP contribution >= 0.6 is 24.0 Å². The number of guanidine groups is 1. The van der Waals surface area contributed by atoms with Crippen LogP contribution in [0.15, 0.2) is 35.3 Å². The van der Waals surface area contributed by atoms with Gasteiger partial charge in [0, 0.05) is 25.0 Å². The number of hydrogen-bond donors (Lipinski definition) is 2. The van der Waals surface area contributed by atoms with Crippen LogP contribution in [0.4, 0.5) is 0 Å². The molecule has 2 aliphatic carbocycles. The lowest BCUT2D eigenvalue weighted by molar-refractivity contribution is 0.410. The molecule has 0 aliphatic heterocycles. The van der Waals surface area contributed by atoms with Gasteiger partial charge in [0.25, 0.3) is 0 Å². The van der Waals surface area contributed by atoms with Gasteiger partial charge in [-0.15, -0.1) is 24.0 Å². The van der Waals surface area contributed by atoms with Crippen LogP contribution in [0.3, 0.4) is 0 Å². The summed E-state index contributed by atoms with van der Waals surface area (Å²) in [6.07, 6.45) is 7.88. The van der Waals surface area contributed by atoms with Gasteiger partial charge in [-0.3, -0.25) is 4.99 Å². The molecule has 2 N–H and O–H groups in total. The monoisotopic (exact) mass is 399 g/mol. The zero-order valence-electron chi connectivity index (χ0n) is 12.7. The van der Waals surface area contributed by atoms with Gasteiger partial charge in [0.2, 0.25) is 0 Å². The number of aliphatic imine (C=N–C) groups is 1. The fourth-order valence-corrected chi connectivity index (χ4v) is 3.21. The Morgan fingerprint density at radius 3 is 2.43 bits per heavy atom. The molecule has 2 unspecified atom stereocenters. The third kappa shape index (κ3) is 4.59. The van der Waals surface area contributed by atoms with Crippen molar-refractivity contribution in [3.05, 3.63) is 35.9 Å². The minimum atomic E-state index is 0. The summed E-state index contributed by atoms with van der Waals surface area (Å²) in [5.74, 6) is 1.64. The zero-order valence-corrected chi connectivity index (χ0v) is 15.0. The van der Waals surface area contributed by atoms with E-state index in [9.17, 15) is 0 Å². The summed E-state index contributed by atoms with van der Waals surface area (Å²) in [6, 6.07) is 11.9. The molecule has 3 nitrogen and oxygen atoms in total. The first-order valence-electron chi connectivity index (χ1n) is 7.91. The largest absolute Gasteiger partial charge is 0.354 e. The third-order valence-corrected chi connectivity index (χ3v) is 4.51. The summed E-state index contributed by atoms with van der Waals surface area (Å²) < 4.78 is 0. The fourth-order valence-electron chi connectivity index (χ4n) is 3.21. The first kappa shape index (κ1) is 16.6. The molecule has 1 aromatic rings. The minimum Gasteiger partial charge on any atom is -0.354 e. The summed E-state index contributed by atoms with van der Waals surface area (Å²) in [6.45, 7) is 0. The Kier molecular flexibility index (Phi) is 6.33. The Morgan fingerprint density at radius 1 is 1.05 bits per heavy atom. The summed E-state index contributed by atoms with van der Waals surface area (Å²) in [4.78, 5) is 4.38. The van der Waals surface area contributed by atoms with Gasteiger partial charge in [0.1, 0.15) is 0 Å². The molecule has 2 aliphatic rings. The van der Waals surface area contributed by atoms with Gasteiger partial charge in [-0.25, -0.2) is 0 Å². The molecule has 3 rings (SSSR count). The number of halogens is 1. The number of nitrogens with zero attached hydrogens (tertiary/aromatic N) is 1. The summed E-state index contributed by atoms with van der Waals surface area (Å²) in [5, 5.41) is 7.16. The van der Waals surface area contributed by atoms with E-state index in [1.54, 1.807) is 0 Å². The van der Waals surface area contributed by atoms with Crippen molar-refractivity contribution in [2.24, 2.45) is 4.99 Å². The summed E-state index contributed by atoms with van der Waals surface area (Å²) in [7, 11) is 1.87. The number of nitrogens with one attached hydrogen (secondary N) is 2. The Labute approximate surface area is 145 Å². The molecule has 0 aromatic heterocycles. The molecule has 2 saturated carbocycles. The fraction of sp³-hybridized carbons (Fsp3) is 0.588. The van der Waals surface area contributed by atoms with E-state index in [-0.39, 0.29) is 24.0 Å². The van der Waals surface area contributed by atoms with E-state index in [1.165, 1.54) is 44.1 Å². The molecule has 0 amide bonds. The minimum absolute atomic E-state index is 0. The Morgan fingerprint density at radius 2 is 1.76 bits per heavy atom. The van der Waals surface area contributed by atoms with Crippen molar-refractivity contribution < 1.29 is 0 Å². The average Bonchev–Trinajstić information content (AvgIpc) is 3.28. The molecule has 0 spiro atoms. The highest BCUT2D eigenvalue weighted by molar-refractivity contribution is 14.0. The van der Waals surface area contributed by atoms with E-state index >= 15 is 0 Å². The summed E-state index contributed by atoms with van der Waals surface area (Å²) in [5.41, 5.74) is 1.44. The summed E-state index contributed by atoms with van der Waals surface area (Å²) >= 11 is 0. The van der Waals surface area contributed by atoms with E-state index in [0.29, 0.717) is 18.0 Å². The van der Waals surface area contributed by atoms with Crippen molar-refractivity contribution in [1.29, 1.82) is 0 Å². The van der Waals surface area contributed by atoms with Gasteiger partial charge in [-0.2, -0.15) is 0 Å². The first-order valence-corrected chi connectivity index (χ1v) is 7.91. The molecule has 116 valence electrons. The van der Waals surface area contributed by atoms with Gasteiger partial charge in [-0.05, 0) is 24.8 Å². The molecular formula is C17H26IN3. The van der Waals surface area contributed by atoms with Crippen LogP contribution in [-0.4, -0.2) is 25.1 Å². The maximum absolute atomic E-state index is 4.38. The number of benzene rings is 1. The standard InChI is InChI=1S/C17H25N3.HI/c1-18-17(19-14-10-6-3-7-11-14)20-16-12-15(16)13-8-4-2-5-9-13;/h2,4-5,8-9,14-16H,3,6-7,10-12H2,1H3,(H2,18,19,20);1H.